The number of hydrogen-bond acceptors (Lipinski definition) is 2. The van der Waals surface area contributed by atoms with Gasteiger partial charge in [0.15, 0.2) is 0 Å². The van der Waals surface area contributed by atoms with Crippen LogP contribution in [0, 0.1) is 5.41 Å². The minimum absolute atomic E-state index is 0.207. The van der Waals surface area contributed by atoms with Crippen LogP contribution in [0.1, 0.15) is 33.1 Å². The number of carbonyl (C=O) groups is 1. The third-order valence-electron chi connectivity index (χ3n) is 2.82. The molecule has 1 fully saturated rings. The molecular formula is C9H18N2O. The Balaban J connectivity index is 2.59. The Labute approximate surface area is 73.7 Å². The van der Waals surface area contributed by atoms with Gasteiger partial charge >= 0.3 is 0 Å². The SMILES string of the molecule is CC(C)(C(N)=O)[C@@H]1CCCCN1. The van der Waals surface area contributed by atoms with Gasteiger partial charge in [0.05, 0.1) is 5.41 Å². The van der Waals surface area contributed by atoms with Gasteiger partial charge in [-0.1, -0.05) is 6.42 Å². The Kier molecular flexibility index (Phi) is 2.73. The van der Waals surface area contributed by atoms with Crippen LogP contribution in [0.15, 0.2) is 0 Å². The van der Waals surface area contributed by atoms with Crippen LogP contribution in [0.5, 0.6) is 0 Å². The lowest BCUT2D eigenvalue weighted by Gasteiger charge is -2.35. The first-order chi connectivity index (χ1) is 5.55. The van der Waals surface area contributed by atoms with Crippen molar-refractivity contribution in [1.82, 2.24) is 5.32 Å². The minimum atomic E-state index is -0.402. The highest BCUT2D eigenvalue weighted by Gasteiger charge is 2.35. The zero-order valence-electron chi connectivity index (χ0n) is 7.89. The molecule has 0 unspecified atom stereocenters. The van der Waals surface area contributed by atoms with Gasteiger partial charge in [-0.3, -0.25) is 4.79 Å². The number of hydrogen-bond donors (Lipinski definition) is 2. The van der Waals surface area contributed by atoms with Crippen LogP contribution in [0.4, 0.5) is 0 Å². The minimum Gasteiger partial charge on any atom is -0.369 e. The molecule has 0 bridgehead atoms. The molecule has 3 N–H and O–H groups in total. The van der Waals surface area contributed by atoms with Gasteiger partial charge < -0.3 is 11.1 Å². The molecule has 1 saturated heterocycles. The summed E-state index contributed by atoms with van der Waals surface area (Å²) in [4.78, 5) is 11.1. The van der Waals surface area contributed by atoms with Crippen molar-refractivity contribution in [3.63, 3.8) is 0 Å². The van der Waals surface area contributed by atoms with E-state index in [-0.39, 0.29) is 11.9 Å². The molecular weight excluding hydrogens is 152 g/mol. The molecule has 0 radical (unpaired) electrons. The average Bonchev–Trinajstić information content (AvgIpc) is 2.06. The molecule has 1 heterocycles. The van der Waals surface area contributed by atoms with E-state index >= 15 is 0 Å². The van der Waals surface area contributed by atoms with Crippen molar-refractivity contribution in [3.05, 3.63) is 0 Å². The van der Waals surface area contributed by atoms with E-state index in [0.29, 0.717) is 0 Å². The summed E-state index contributed by atoms with van der Waals surface area (Å²) in [6, 6.07) is 0.267. The molecule has 1 amide bonds. The van der Waals surface area contributed by atoms with Crippen LogP contribution in [0.3, 0.4) is 0 Å². The summed E-state index contributed by atoms with van der Waals surface area (Å²) in [5, 5.41) is 3.34. The maximum Gasteiger partial charge on any atom is 0.224 e. The Morgan fingerprint density at radius 2 is 2.17 bits per heavy atom. The topological polar surface area (TPSA) is 55.1 Å². The zero-order valence-corrected chi connectivity index (χ0v) is 7.89. The van der Waals surface area contributed by atoms with E-state index in [2.05, 4.69) is 5.32 Å². The van der Waals surface area contributed by atoms with E-state index in [9.17, 15) is 4.79 Å². The Morgan fingerprint density at radius 1 is 1.50 bits per heavy atom. The van der Waals surface area contributed by atoms with Crippen LogP contribution in [-0.2, 0) is 4.79 Å². The number of rotatable bonds is 2. The average molecular weight is 170 g/mol. The summed E-state index contributed by atoms with van der Waals surface area (Å²) < 4.78 is 0. The molecule has 0 aliphatic carbocycles. The van der Waals surface area contributed by atoms with Crippen molar-refractivity contribution in [1.29, 1.82) is 0 Å². The van der Waals surface area contributed by atoms with Crippen LogP contribution < -0.4 is 11.1 Å². The van der Waals surface area contributed by atoms with Gasteiger partial charge in [0, 0.05) is 6.04 Å². The fourth-order valence-corrected chi connectivity index (χ4v) is 1.64. The molecule has 0 aromatic carbocycles. The zero-order chi connectivity index (χ0) is 9.19. The van der Waals surface area contributed by atoms with E-state index < -0.39 is 5.41 Å². The molecule has 0 aromatic heterocycles. The second-order valence-corrected chi connectivity index (χ2v) is 4.09. The van der Waals surface area contributed by atoms with Crippen molar-refractivity contribution in [2.24, 2.45) is 11.1 Å². The lowest BCUT2D eigenvalue weighted by molar-refractivity contribution is -0.127. The number of piperidine rings is 1. The van der Waals surface area contributed by atoms with Crippen LogP contribution in [0.25, 0.3) is 0 Å². The van der Waals surface area contributed by atoms with Gasteiger partial charge in [0.25, 0.3) is 0 Å². The first-order valence-electron chi connectivity index (χ1n) is 4.58. The molecule has 1 aliphatic heterocycles. The summed E-state index contributed by atoms with van der Waals surface area (Å²) in [7, 11) is 0. The number of carbonyl (C=O) groups excluding carboxylic acids is 1. The summed E-state index contributed by atoms with van der Waals surface area (Å²) >= 11 is 0. The van der Waals surface area contributed by atoms with Crippen LogP contribution >= 0.6 is 0 Å². The van der Waals surface area contributed by atoms with Gasteiger partial charge in [-0.2, -0.15) is 0 Å². The van der Waals surface area contributed by atoms with Gasteiger partial charge in [0.1, 0.15) is 0 Å². The Morgan fingerprint density at radius 3 is 2.58 bits per heavy atom. The quantitative estimate of drug-likeness (QED) is 0.639. The molecule has 1 rings (SSSR count). The fourth-order valence-electron chi connectivity index (χ4n) is 1.64. The number of nitrogens with one attached hydrogen (secondary N) is 1. The third kappa shape index (κ3) is 1.78. The van der Waals surface area contributed by atoms with Gasteiger partial charge in [-0.05, 0) is 33.2 Å². The molecule has 1 aliphatic rings. The molecule has 70 valence electrons. The predicted octanol–water partition coefficient (Wildman–Crippen LogP) is 0.640. The van der Waals surface area contributed by atoms with Crippen LogP contribution in [0.2, 0.25) is 0 Å². The summed E-state index contributed by atoms with van der Waals surface area (Å²) in [6.07, 6.45) is 3.48. The second kappa shape index (κ2) is 3.44. The third-order valence-corrected chi connectivity index (χ3v) is 2.82. The van der Waals surface area contributed by atoms with E-state index in [1.807, 2.05) is 13.8 Å². The van der Waals surface area contributed by atoms with Gasteiger partial charge in [-0.15, -0.1) is 0 Å². The van der Waals surface area contributed by atoms with E-state index in [1.165, 1.54) is 12.8 Å². The Hall–Kier alpha value is -0.570. The Bertz CT molecular complexity index is 171. The normalized spacial score (nSPS) is 25.3. The number of amides is 1. The lowest BCUT2D eigenvalue weighted by Crippen LogP contribution is -2.51. The highest BCUT2D eigenvalue weighted by Crippen LogP contribution is 2.25. The largest absolute Gasteiger partial charge is 0.369 e. The van der Waals surface area contributed by atoms with E-state index in [1.54, 1.807) is 0 Å². The number of nitrogens with two attached hydrogens (primary N) is 1. The van der Waals surface area contributed by atoms with Crippen molar-refractivity contribution in [2.45, 2.75) is 39.2 Å². The smallest absolute Gasteiger partial charge is 0.224 e. The molecule has 3 nitrogen and oxygen atoms in total. The molecule has 3 heteroatoms. The number of primary amides is 1. The first kappa shape index (κ1) is 9.52. The van der Waals surface area contributed by atoms with Gasteiger partial charge in [-0.25, -0.2) is 0 Å². The first-order valence-corrected chi connectivity index (χ1v) is 4.58. The van der Waals surface area contributed by atoms with Crippen molar-refractivity contribution >= 4 is 5.91 Å². The second-order valence-electron chi connectivity index (χ2n) is 4.09. The van der Waals surface area contributed by atoms with Gasteiger partial charge in [0.2, 0.25) is 5.91 Å². The molecule has 1 atom stereocenters. The standard InChI is InChI=1S/C9H18N2O/c1-9(2,8(10)12)7-5-3-4-6-11-7/h7,11H,3-6H2,1-2H3,(H2,10,12)/t7-/m0/s1. The highest BCUT2D eigenvalue weighted by atomic mass is 16.1. The molecule has 0 spiro atoms. The van der Waals surface area contributed by atoms with Crippen molar-refractivity contribution in [2.75, 3.05) is 6.54 Å². The van der Waals surface area contributed by atoms with E-state index in [0.717, 1.165) is 13.0 Å². The molecule has 12 heavy (non-hydrogen) atoms. The fraction of sp³-hybridized carbons (Fsp3) is 0.889. The summed E-state index contributed by atoms with van der Waals surface area (Å²) in [5.74, 6) is -0.207. The summed E-state index contributed by atoms with van der Waals surface area (Å²) in [6.45, 7) is 4.85. The molecule has 0 aromatic rings. The van der Waals surface area contributed by atoms with E-state index in [4.69, 9.17) is 5.73 Å². The highest BCUT2D eigenvalue weighted by molar-refractivity contribution is 5.80. The van der Waals surface area contributed by atoms with Crippen LogP contribution in [-0.4, -0.2) is 18.5 Å². The maximum atomic E-state index is 11.1. The lowest BCUT2D eigenvalue weighted by atomic mass is 9.79. The monoisotopic (exact) mass is 170 g/mol. The molecule has 0 saturated carbocycles. The van der Waals surface area contributed by atoms with Crippen molar-refractivity contribution < 1.29 is 4.79 Å². The van der Waals surface area contributed by atoms with Crippen molar-refractivity contribution in [3.8, 4) is 0 Å². The summed E-state index contributed by atoms with van der Waals surface area (Å²) in [5.41, 5.74) is 4.92. The predicted molar refractivity (Wildman–Crippen MR) is 48.6 cm³/mol. The maximum absolute atomic E-state index is 11.1.